The highest BCUT2D eigenvalue weighted by molar-refractivity contribution is 6.04. The third-order valence-electron chi connectivity index (χ3n) is 3.11. The van der Waals surface area contributed by atoms with Gasteiger partial charge in [0.2, 0.25) is 0 Å². The van der Waals surface area contributed by atoms with Gasteiger partial charge in [0.1, 0.15) is 11.3 Å². The maximum absolute atomic E-state index is 5.94. The van der Waals surface area contributed by atoms with Crippen LogP contribution in [0.15, 0.2) is 59.1 Å². The molecule has 2 aliphatic rings. The van der Waals surface area contributed by atoms with Crippen LogP contribution < -0.4 is 0 Å². The fourth-order valence-corrected chi connectivity index (χ4v) is 2.27. The van der Waals surface area contributed by atoms with Crippen molar-refractivity contribution in [1.29, 1.82) is 0 Å². The van der Waals surface area contributed by atoms with Crippen molar-refractivity contribution in [2.75, 3.05) is 0 Å². The summed E-state index contributed by atoms with van der Waals surface area (Å²) >= 11 is 0. The molecule has 0 saturated carbocycles. The van der Waals surface area contributed by atoms with Gasteiger partial charge in [-0.15, -0.1) is 0 Å². The average molecular weight is 219 g/mol. The second-order valence-corrected chi connectivity index (χ2v) is 4.15. The van der Waals surface area contributed by atoms with Gasteiger partial charge in [-0.1, -0.05) is 36.4 Å². The van der Waals surface area contributed by atoms with Crippen molar-refractivity contribution in [2.45, 2.75) is 0 Å². The first kappa shape index (κ1) is 8.76. The molecule has 2 aromatic carbocycles. The van der Waals surface area contributed by atoms with E-state index in [1.54, 1.807) is 6.20 Å². The number of hydrogen-bond donors (Lipinski definition) is 0. The molecule has 2 aromatic rings. The van der Waals surface area contributed by atoms with Gasteiger partial charge in [-0.2, -0.15) is 0 Å². The second-order valence-electron chi connectivity index (χ2n) is 4.15. The van der Waals surface area contributed by atoms with Gasteiger partial charge in [-0.3, -0.25) is 4.98 Å². The summed E-state index contributed by atoms with van der Waals surface area (Å²) in [5.41, 5.74) is 1.84. The third kappa shape index (κ3) is 1.18. The summed E-state index contributed by atoms with van der Waals surface area (Å²) < 4.78 is 5.94. The molecular formula is C15H9NO. The SMILES string of the molecule is c1ccc2c(c1)ccc1cc3nccc-3oc12. The van der Waals surface area contributed by atoms with E-state index in [0.717, 1.165) is 27.8 Å². The summed E-state index contributed by atoms with van der Waals surface area (Å²) in [6, 6.07) is 16.4. The van der Waals surface area contributed by atoms with E-state index in [1.165, 1.54) is 5.39 Å². The Bertz CT molecular complexity index is 800. The summed E-state index contributed by atoms with van der Waals surface area (Å²) in [5, 5.41) is 3.44. The molecule has 0 radical (unpaired) electrons. The molecule has 0 atom stereocenters. The highest BCUT2D eigenvalue weighted by atomic mass is 16.3. The van der Waals surface area contributed by atoms with Crippen LogP contribution in [-0.2, 0) is 0 Å². The predicted octanol–water partition coefficient (Wildman–Crippen LogP) is 4.09. The quantitative estimate of drug-likeness (QED) is 0.416. The van der Waals surface area contributed by atoms with Crippen molar-refractivity contribution in [3.05, 3.63) is 54.7 Å². The Morgan fingerprint density at radius 1 is 0.882 bits per heavy atom. The average Bonchev–Trinajstić information content (AvgIpc) is 2.83. The van der Waals surface area contributed by atoms with Gasteiger partial charge < -0.3 is 4.42 Å². The first-order valence-corrected chi connectivity index (χ1v) is 5.58. The fourth-order valence-electron chi connectivity index (χ4n) is 2.27. The molecule has 17 heavy (non-hydrogen) atoms. The van der Waals surface area contributed by atoms with Gasteiger partial charge in [0.15, 0.2) is 5.76 Å². The highest BCUT2D eigenvalue weighted by Crippen LogP contribution is 2.31. The van der Waals surface area contributed by atoms with Crippen LogP contribution in [0.25, 0.3) is 33.2 Å². The normalized spacial score (nSPS) is 11.5. The van der Waals surface area contributed by atoms with Crippen LogP contribution in [0.2, 0.25) is 0 Å². The van der Waals surface area contributed by atoms with Gasteiger partial charge in [-0.25, -0.2) is 0 Å². The number of aromatic nitrogens is 1. The van der Waals surface area contributed by atoms with Crippen LogP contribution >= 0.6 is 0 Å². The Balaban J connectivity index is 2.29. The van der Waals surface area contributed by atoms with Crippen LogP contribution in [-0.4, -0.2) is 4.98 Å². The molecule has 0 spiro atoms. The molecule has 0 aliphatic carbocycles. The Labute approximate surface area is 97.8 Å². The van der Waals surface area contributed by atoms with Gasteiger partial charge in [-0.05, 0) is 11.5 Å². The molecule has 0 bridgehead atoms. The van der Waals surface area contributed by atoms with Crippen molar-refractivity contribution in [3.63, 3.8) is 0 Å². The molecule has 0 aromatic heterocycles. The second kappa shape index (κ2) is 3.08. The van der Waals surface area contributed by atoms with Crippen LogP contribution in [0.1, 0.15) is 0 Å². The smallest absolute Gasteiger partial charge is 0.154 e. The van der Waals surface area contributed by atoms with Crippen molar-refractivity contribution >= 4 is 21.7 Å². The first-order chi connectivity index (χ1) is 8.42. The maximum Gasteiger partial charge on any atom is 0.154 e. The summed E-state index contributed by atoms with van der Waals surface area (Å²) in [5.74, 6) is 0.842. The number of benzene rings is 2. The van der Waals surface area contributed by atoms with E-state index < -0.39 is 0 Å². The molecule has 0 saturated heterocycles. The minimum Gasteiger partial charge on any atom is -0.454 e. The standard InChI is InChI=1S/C15H9NO/c1-2-4-12-10(3-1)5-6-11-9-13-14(7-8-16-13)17-15(11)12/h1-9H. The molecule has 2 aliphatic heterocycles. The summed E-state index contributed by atoms with van der Waals surface area (Å²) in [6.07, 6.45) is 1.77. The van der Waals surface area contributed by atoms with E-state index in [1.807, 2.05) is 18.2 Å². The van der Waals surface area contributed by atoms with Crippen molar-refractivity contribution in [1.82, 2.24) is 4.98 Å². The Hall–Kier alpha value is -2.35. The Kier molecular flexibility index (Phi) is 1.59. The van der Waals surface area contributed by atoms with Gasteiger partial charge in [0.25, 0.3) is 0 Å². The van der Waals surface area contributed by atoms with E-state index in [0.29, 0.717) is 0 Å². The van der Waals surface area contributed by atoms with Gasteiger partial charge >= 0.3 is 0 Å². The Morgan fingerprint density at radius 3 is 2.76 bits per heavy atom. The molecule has 2 heterocycles. The summed E-state index contributed by atoms with van der Waals surface area (Å²) in [4.78, 5) is 4.26. The predicted molar refractivity (Wildman–Crippen MR) is 68.1 cm³/mol. The number of rotatable bonds is 0. The van der Waals surface area contributed by atoms with Crippen LogP contribution in [0.3, 0.4) is 0 Å². The minimum absolute atomic E-state index is 0.842. The molecular weight excluding hydrogens is 210 g/mol. The zero-order valence-corrected chi connectivity index (χ0v) is 9.05. The molecule has 2 nitrogen and oxygen atoms in total. The van der Waals surface area contributed by atoms with E-state index >= 15 is 0 Å². The zero-order valence-electron chi connectivity index (χ0n) is 9.05. The largest absolute Gasteiger partial charge is 0.454 e. The fraction of sp³-hybridized carbons (Fsp3) is 0. The summed E-state index contributed by atoms with van der Waals surface area (Å²) in [6.45, 7) is 0. The van der Waals surface area contributed by atoms with Crippen molar-refractivity contribution < 1.29 is 4.42 Å². The monoisotopic (exact) mass is 219 g/mol. The lowest BCUT2D eigenvalue weighted by atomic mass is 10.1. The van der Waals surface area contributed by atoms with E-state index in [2.05, 4.69) is 35.3 Å². The van der Waals surface area contributed by atoms with Crippen LogP contribution in [0, 0.1) is 0 Å². The lowest BCUT2D eigenvalue weighted by molar-refractivity contribution is 0.623. The maximum atomic E-state index is 5.94. The molecule has 4 rings (SSSR count). The lowest BCUT2D eigenvalue weighted by Gasteiger charge is -2.05. The van der Waals surface area contributed by atoms with Crippen molar-refractivity contribution in [2.24, 2.45) is 0 Å². The molecule has 0 N–H and O–H groups in total. The third-order valence-corrected chi connectivity index (χ3v) is 3.11. The molecule has 0 amide bonds. The number of nitrogens with zero attached hydrogens (tertiary/aromatic N) is 1. The topological polar surface area (TPSA) is 26.0 Å². The molecule has 0 unspecified atom stereocenters. The van der Waals surface area contributed by atoms with Crippen molar-refractivity contribution in [3.8, 4) is 11.5 Å². The minimum atomic E-state index is 0.842. The number of hydrogen-bond acceptors (Lipinski definition) is 2. The van der Waals surface area contributed by atoms with E-state index in [9.17, 15) is 0 Å². The summed E-state index contributed by atoms with van der Waals surface area (Å²) in [7, 11) is 0. The first-order valence-electron chi connectivity index (χ1n) is 5.58. The molecule has 0 fully saturated rings. The molecule has 2 heteroatoms. The zero-order chi connectivity index (χ0) is 11.2. The van der Waals surface area contributed by atoms with E-state index in [-0.39, 0.29) is 0 Å². The van der Waals surface area contributed by atoms with Gasteiger partial charge in [0.05, 0.1) is 0 Å². The number of fused-ring (bicyclic) bond motifs is 4. The lowest BCUT2D eigenvalue weighted by Crippen LogP contribution is -1.81. The van der Waals surface area contributed by atoms with Crippen LogP contribution in [0.4, 0.5) is 0 Å². The van der Waals surface area contributed by atoms with Gasteiger partial charge in [0, 0.05) is 23.0 Å². The Morgan fingerprint density at radius 2 is 1.76 bits per heavy atom. The highest BCUT2D eigenvalue weighted by Gasteiger charge is 2.10. The van der Waals surface area contributed by atoms with E-state index in [4.69, 9.17) is 4.42 Å². The molecule has 80 valence electrons. The van der Waals surface area contributed by atoms with Crippen LogP contribution in [0.5, 0.6) is 0 Å².